The number of aromatic nitrogens is 2. The Balaban J connectivity index is 2.24. The van der Waals surface area contributed by atoms with E-state index in [-0.39, 0.29) is 5.69 Å². The monoisotopic (exact) mass is 279 g/mol. The van der Waals surface area contributed by atoms with Gasteiger partial charge >= 0.3 is 5.97 Å². The molecule has 0 atom stereocenters. The minimum Gasteiger partial charge on any atom is -0.461 e. The summed E-state index contributed by atoms with van der Waals surface area (Å²) in [6, 6.07) is 0.367. The van der Waals surface area contributed by atoms with Gasteiger partial charge in [0, 0.05) is 6.04 Å². The van der Waals surface area contributed by atoms with Crippen LogP contribution in [0.2, 0.25) is 0 Å². The predicted molar refractivity (Wildman–Crippen MR) is 78.7 cm³/mol. The molecule has 0 spiro atoms. The molecule has 1 aromatic rings. The van der Waals surface area contributed by atoms with Crippen LogP contribution in [0.25, 0.3) is 0 Å². The van der Waals surface area contributed by atoms with Gasteiger partial charge in [-0.3, -0.25) is 0 Å². The topological polar surface area (TPSA) is 70.1 Å². The van der Waals surface area contributed by atoms with Gasteiger partial charge in [-0.25, -0.2) is 9.78 Å². The average Bonchev–Trinajstić information content (AvgIpc) is 2.66. The Bertz CT molecular complexity index is 460. The molecular weight excluding hydrogens is 254 g/mol. The summed E-state index contributed by atoms with van der Waals surface area (Å²) in [5.74, 6) is 0.861. The largest absolute Gasteiger partial charge is 0.461 e. The number of nitrogens with zero attached hydrogens (tertiary/aromatic N) is 2. The molecule has 1 aliphatic rings. The predicted octanol–water partition coefficient (Wildman–Crippen LogP) is 3.24. The maximum Gasteiger partial charge on any atom is 0.360 e. The fourth-order valence-corrected chi connectivity index (χ4v) is 3.06. The summed E-state index contributed by atoms with van der Waals surface area (Å²) in [5.41, 5.74) is 6.43. The minimum atomic E-state index is -0.419. The molecule has 0 aromatic carbocycles. The third kappa shape index (κ3) is 3.14. The van der Waals surface area contributed by atoms with Gasteiger partial charge in [-0.1, -0.05) is 32.1 Å². The van der Waals surface area contributed by atoms with Crippen LogP contribution in [0.5, 0.6) is 0 Å². The smallest absolute Gasteiger partial charge is 0.360 e. The molecule has 0 radical (unpaired) electrons. The van der Waals surface area contributed by atoms with Gasteiger partial charge in [-0.15, -0.1) is 0 Å². The summed E-state index contributed by atoms with van der Waals surface area (Å²) in [6.07, 6.45) is 8.57. The van der Waals surface area contributed by atoms with Crippen LogP contribution in [0.4, 0.5) is 5.82 Å². The van der Waals surface area contributed by atoms with E-state index in [1.54, 1.807) is 6.92 Å². The summed E-state index contributed by atoms with van der Waals surface area (Å²) in [7, 11) is 0. The second-order valence-corrected chi connectivity index (χ2v) is 5.48. The highest BCUT2D eigenvalue weighted by Crippen LogP contribution is 2.31. The number of nitrogen functional groups attached to an aromatic ring is 1. The van der Waals surface area contributed by atoms with E-state index in [1.165, 1.54) is 32.1 Å². The lowest BCUT2D eigenvalue weighted by Crippen LogP contribution is -2.16. The Morgan fingerprint density at radius 1 is 1.30 bits per heavy atom. The van der Waals surface area contributed by atoms with Crippen molar-refractivity contribution in [1.29, 1.82) is 0 Å². The average molecular weight is 279 g/mol. The van der Waals surface area contributed by atoms with Crippen LogP contribution in [0.1, 0.15) is 74.2 Å². The van der Waals surface area contributed by atoms with Crippen LogP contribution in [-0.4, -0.2) is 22.1 Å². The standard InChI is InChI=1S/C15H25N3O2/c1-3-20-15(19)13-14(16)18(11(2)17-13)12-9-7-5-4-6-8-10-12/h12H,3-10,16H2,1-2H3. The second kappa shape index (κ2) is 6.77. The summed E-state index contributed by atoms with van der Waals surface area (Å²) in [4.78, 5) is 16.2. The van der Waals surface area contributed by atoms with Crippen molar-refractivity contribution < 1.29 is 9.53 Å². The van der Waals surface area contributed by atoms with Crippen molar-refractivity contribution in [3.8, 4) is 0 Å². The molecule has 1 aliphatic carbocycles. The molecule has 0 bridgehead atoms. The van der Waals surface area contributed by atoms with E-state index in [4.69, 9.17) is 10.5 Å². The minimum absolute atomic E-state index is 0.270. The van der Waals surface area contributed by atoms with Crippen LogP contribution in [-0.2, 0) is 4.74 Å². The number of hydrogen-bond donors (Lipinski definition) is 1. The number of aryl methyl sites for hydroxylation is 1. The highest BCUT2D eigenvalue weighted by Gasteiger charge is 2.24. The molecular formula is C15H25N3O2. The lowest BCUT2D eigenvalue weighted by atomic mass is 9.96. The Kier molecular flexibility index (Phi) is 5.04. The van der Waals surface area contributed by atoms with Crippen molar-refractivity contribution >= 4 is 11.8 Å². The number of imidazole rings is 1. The number of nitrogens with two attached hydrogens (primary N) is 1. The van der Waals surface area contributed by atoms with Gasteiger partial charge in [0.25, 0.3) is 0 Å². The number of carbonyl (C=O) groups is 1. The lowest BCUT2D eigenvalue weighted by Gasteiger charge is -2.23. The molecule has 5 heteroatoms. The zero-order valence-corrected chi connectivity index (χ0v) is 12.5. The molecule has 0 saturated heterocycles. The Morgan fingerprint density at radius 2 is 1.90 bits per heavy atom. The summed E-state index contributed by atoms with van der Waals surface area (Å²) < 4.78 is 7.05. The van der Waals surface area contributed by atoms with Crippen molar-refractivity contribution in [2.45, 2.75) is 64.8 Å². The molecule has 20 heavy (non-hydrogen) atoms. The van der Waals surface area contributed by atoms with E-state index >= 15 is 0 Å². The second-order valence-electron chi connectivity index (χ2n) is 5.48. The maximum absolute atomic E-state index is 11.9. The molecule has 112 valence electrons. The van der Waals surface area contributed by atoms with Gasteiger partial charge in [0.1, 0.15) is 11.6 Å². The molecule has 2 N–H and O–H groups in total. The van der Waals surface area contributed by atoms with Crippen LogP contribution < -0.4 is 5.73 Å². The van der Waals surface area contributed by atoms with Gasteiger partial charge in [-0.2, -0.15) is 0 Å². The highest BCUT2D eigenvalue weighted by atomic mass is 16.5. The zero-order valence-electron chi connectivity index (χ0n) is 12.5. The van der Waals surface area contributed by atoms with E-state index in [1.807, 2.05) is 11.5 Å². The SMILES string of the molecule is CCOC(=O)c1nc(C)n(C2CCCCCCC2)c1N. The van der Waals surface area contributed by atoms with E-state index in [2.05, 4.69) is 4.98 Å². The van der Waals surface area contributed by atoms with Gasteiger partial charge in [0.05, 0.1) is 6.61 Å². The molecule has 0 amide bonds. The fourth-order valence-electron chi connectivity index (χ4n) is 3.06. The molecule has 1 heterocycles. The molecule has 5 nitrogen and oxygen atoms in total. The number of carbonyl (C=O) groups excluding carboxylic acids is 1. The lowest BCUT2D eigenvalue weighted by molar-refractivity contribution is 0.0521. The number of rotatable bonds is 3. The molecule has 1 aromatic heterocycles. The number of esters is 1. The van der Waals surface area contributed by atoms with Crippen molar-refractivity contribution in [3.05, 3.63) is 11.5 Å². The summed E-state index contributed by atoms with van der Waals surface area (Å²) in [5, 5.41) is 0. The van der Waals surface area contributed by atoms with Crippen molar-refractivity contribution in [2.24, 2.45) is 0 Å². The van der Waals surface area contributed by atoms with Crippen LogP contribution in [0.3, 0.4) is 0 Å². The first-order valence-electron chi connectivity index (χ1n) is 7.66. The first kappa shape index (κ1) is 14.9. The first-order valence-corrected chi connectivity index (χ1v) is 7.66. The maximum atomic E-state index is 11.9. The van der Waals surface area contributed by atoms with Gasteiger partial charge in [-0.05, 0) is 26.7 Å². The molecule has 1 saturated carbocycles. The Labute approximate surface area is 120 Å². The van der Waals surface area contributed by atoms with Crippen molar-refractivity contribution in [3.63, 3.8) is 0 Å². The quantitative estimate of drug-likeness (QED) is 0.862. The van der Waals surface area contributed by atoms with Crippen LogP contribution >= 0.6 is 0 Å². The van der Waals surface area contributed by atoms with E-state index in [0.717, 1.165) is 18.7 Å². The fraction of sp³-hybridized carbons (Fsp3) is 0.733. The van der Waals surface area contributed by atoms with Crippen molar-refractivity contribution in [2.75, 3.05) is 12.3 Å². The summed E-state index contributed by atoms with van der Waals surface area (Å²) in [6.45, 7) is 4.04. The van der Waals surface area contributed by atoms with Gasteiger partial charge in [0.2, 0.25) is 0 Å². The van der Waals surface area contributed by atoms with E-state index in [0.29, 0.717) is 18.5 Å². The highest BCUT2D eigenvalue weighted by molar-refractivity contribution is 5.92. The molecule has 0 unspecified atom stereocenters. The number of hydrogen-bond acceptors (Lipinski definition) is 4. The van der Waals surface area contributed by atoms with Crippen LogP contribution in [0.15, 0.2) is 0 Å². The zero-order chi connectivity index (χ0) is 14.5. The van der Waals surface area contributed by atoms with Crippen molar-refractivity contribution in [1.82, 2.24) is 9.55 Å². The Hall–Kier alpha value is -1.52. The molecule has 1 fully saturated rings. The summed E-state index contributed by atoms with van der Waals surface area (Å²) >= 11 is 0. The normalized spacial score (nSPS) is 17.5. The third-order valence-corrected chi connectivity index (χ3v) is 4.03. The van der Waals surface area contributed by atoms with Crippen LogP contribution in [0, 0.1) is 6.92 Å². The number of ether oxygens (including phenoxy) is 1. The Morgan fingerprint density at radius 3 is 2.50 bits per heavy atom. The van der Waals surface area contributed by atoms with Gasteiger partial charge in [0.15, 0.2) is 5.69 Å². The third-order valence-electron chi connectivity index (χ3n) is 4.03. The van der Waals surface area contributed by atoms with E-state index in [9.17, 15) is 4.79 Å². The van der Waals surface area contributed by atoms with E-state index < -0.39 is 5.97 Å². The number of anilines is 1. The molecule has 2 rings (SSSR count). The molecule has 0 aliphatic heterocycles. The first-order chi connectivity index (χ1) is 9.65. The van der Waals surface area contributed by atoms with Gasteiger partial charge < -0.3 is 15.0 Å².